The average molecular weight is 295 g/mol. The highest BCUT2D eigenvalue weighted by atomic mass is 16.5. The van der Waals surface area contributed by atoms with Crippen molar-refractivity contribution in [3.05, 3.63) is 28.8 Å². The van der Waals surface area contributed by atoms with Gasteiger partial charge < -0.3 is 20.3 Å². The highest BCUT2D eigenvalue weighted by Crippen LogP contribution is 2.24. The van der Waals surface area contributed by atoms with E-state index >= 15 is 0 Å². The number of nitrogens with one attached hydrogen (secondary N) is 1. The van der Waals surface area contributed by atoms with Crippen LogP contribution in [0.5, 0.6) is 5.75 Å². The first kappa shape index (κ1) is 17.5. The number of aryl methyl sites for hydroxylation is 3. The Morgan fingerprint density at radius 3 is 2.14 bits per heavy atom. The lowest BCUT2D eigenvalue weighted by Crippen LogP contribution is -2.55. The minimum atomic E-state index is -0.988. The molecule has 0 bridgehead atoms. The highest BCUT2D eigenvalue weighted by Gasteiger charge is 2.28. The first-order chi connectivity index (χ1) is 9.87. The van der Waals surface area contributed by atoms with Gasteiger partial charge in [-0.2, -0.15) is 0 Å². The van der Waals surface area contributed by atoms with Crippen molar-refractivity contribution >= 4 is 5.91 Å². The predicted octanol–water partition coefficient (Wildman–Crippen LogP) is 1.24. The molecule has 21 heavy (non-hydrogen) atoms. The fraction of sp³-hybridized carbons (Fsp3) is 0.562. The molecule has 0 aliphatic carbocycles. The van der Waals surface area contributed by atoms with Gasteiger partial charge in [0.05, 0.1) is 18.8 Å². The van der Waals surface area contributed by atoms with Crippen molar-refractivity contribution in [2.75, 3.05) is 19.8 Å². The third-order valence-electron chi connectivity index (χ3n) is 3.64. The van der Waals surface area contributed by atoms with Crippen LogP contribution >= 0.6 is 0 Å². The van der Waals surface area contributed by atoms with E-state index in [1.54, 1.807) is 6.92 Å². The molecule has 5 heteroatoms. The van der Waals surface area contributed by atoms with Gasteiger partial charge in [-0.3, -0.25) is 4.79 Å². The number of hydrogen-bond donors (Lipinski definition) is 3. The monoisotopic (exact) mass is 295 g/mol. The fourth-order valence-electron chi connectivity index (χ4n) is 2.31. The SMILES string of the molecule is CCC(CO)(CO)NC(=O)COc1c(C)cc(C)cc1C. The molecule has 1 amide bonds. The van der Waals surface area contributed by atoms with Crippen LogP contribution in [0.3, 0.4) is 0 Å². The molecule has 1 aromatic carbocycles. The number of carbonyl (C=O) groups is 1. The number of ether oxygens (including phenoxy) is 1. The van der Waals surface area contributed by atoms with Crippen molar-refractivity contribution in [3.8, 4) is 5.75 Å². The summed E-state index contributed by atoms with van der Waals surface area (Å²) < 4.78 is 5.59. The largest absolute Gasteiger partial charge is 0.483 e. The number of amides is 1. The van der Waals surface area contributed by atoms with Gasteiger partial charge in [0, 0.05) is 0 Å². The van der Waals surface area contributed by atoms with Crippen LogP contribution in [0, 0.1) is 20.8 Å². The van der Waals surface area contributed by atoms with Gasteiger partial charge in [-0.1, -0.05) is 24.6 Å². The van der Waals surface area contributed by atoms with Crippen LogP contribution in [-0.4, -0.2) is 41.5 Å². The van der Waals surface area contributed by atoms with Crippen LogP contribution in [0.4, 0.5) is 0 Å². The summed E-state index contributed by atoms with van der Waals surface area (Å²) in [7, 11) is 0. The molecular formula is C16H25NO4. The normalized spacial score (nSPS) is 11.3. The van der Waals surface area contributed by atoms with Gasteiger partial charge >= 0.3 is 0 Å². The summed E-state index contributed by atoms with van der Waals surface area (Å²) in [5.74, 6) is 0.338. The summed E-state index contributed by atoms with van der Waals surface area (Å²) in [6.07, 6.45) is 0.439. The maximum absolute atomic E-state index is 11.9. The van der Waals surface area contributed by atoms with Crippen LogP contribution in [0.15, 0.2) is 12.1 Å². The predicted molar refractivity (Wildman–Crippen MR) is 81.5 cm³/mol. The van der Waals surface area contributed by atoms with Crippen LogP contribution in [0.25, 0.3) is 0 Å². The van der Waals surface area contributed by atoms with Crippen molar-refractivity contribution in [2.45, 2.75) is 39.7 Å². The molecule has 0 heterocycles. The summed E-state index contributed by atoms with van der Waals surface area (Å²) in [5, 5.41) is 21.3. The van der Waals surface area contributed by atoms with E-state index in [-0.39, 0.29) is 25.7 Å². The lowest BCUT2D eigenvalue weighted by molar-refractivity contribution is -0.126. The van der Waals surface area contributed by atoms with Crippen molar-refractivity contribution < 1.29 is 19.7 Å². The molecule has 0 atom stereocenters. The Labute approximate surface area is 125 Å². The molecule has 0 aromatic heterocycles. The van der Waals surface area contributed by atoms with Gasteiger partial charge in [0.1, 0.15) is 5.75 Å². The molecule has 1 aromatic rings. The topological polar surface area (TPSA) is 78.8 Å². The van der Waals surface area contributed by atoms with E-state index in [1.807, 2.05) is 32.9 Å². The van der Waals surface area contributed by atoms with Crippen molar-refractivity contribution in [1.29, 1.82) is 0 Å². The molecule has 0 aliphatic rings. The van der Waals surface area contributed by atoms with E-state index in [0.717, 1.165) is 16.7 Å². The number of aliphatic hydroxyl groups is 2. The molecule has 118 valence electrons. The average Bonchev–Trinajstić information content (AvgIpc) is 2.43. The summed E-state index contributed by atoms with van der Waals surface area (Å²) in [5.41, 5.74) is 2.11. The summed E-state index contributed by atoms with van der Waals surface area (Å²) in [6.45, 7) is 6.90. The molecule has 0 fully saturated rings. The summed E-state index contributed by atoms with van der Waals surface area (Å²) in [6, 6.07) is 4.00. The standard InChI is InChI=1S/C16H25NO4/c1-5-16(9-18,10-19)17-14(20)8-21-15-12(3)6-11(2)7-13(15)4/h6-7,18-19H,5,8-10H2,1-4H3,(H,17,20). The van der Waals surface area contributed by atoms with Gasteiger partial charge in [0.2, 0.25) is 0 Å². The Morgan fingerprint density at radius 2 is 1.71 bits per heavy atom. The lowest BCUT2D eigenvalue weighted by atomic mass is 9.98. The van der Waals surface area contributed by atoms with Crippen molar-refractivity contribution in [2.24, 2.45) is 0 Å². The van der Waals surface area contributed by atoms with E-state index in [0.29, 0.717) is 12.2 Å². The Morgan fingerprint density at radius 1 is 1.19 bits per heavy atom. The Hall–Kier alpha value is -1.59. The van der Waals surface area contributed by atoms with Crippen molar-refractivity contribution in [1.82, 2.24) is 5.32 Å². The third kappa shape index (κ3) is 4.44. The zero-order chi connectivity index (χ0) is 16.0. The Balaban J connectivity index is 2.70. The maximum Gasteiger partial charge on any atom is 0.258 e. The molecule has 0 aliphatic heterocycles. The van der Waals surface area contributed by atoms with Gasteiger partial charge in [0.25, 0.3) is 5.91 Å². The fourth-order valence-corrected chi connectivity index (χ4v) is 2.31. The van der Waals surface area contributed by atoms with E-state index < -0.39 is 5.54 Å². The number of benzene rings is 1. The van der Waals surface area contributed by atoms with Crippen molar-refractivity contribution in [3.63, 3.8) is 0 Å². The minimum absolute atomic E-state index is 0.146. The number of rotatable bonds is 7. The molecule has 0 saturated carbocycles. The van der Waals surface area contributed by atoms with E-state index in [9.17, 15) is 15.0 Å². The van der Waals surface area contributed by atoms with Gasteiger partial charge in [-0.25, -0.2) is 0 Å². The Bertz CT molecular complexity index is 464. The smallest absolute Gasteiger partial charge is 0.258 e. The highest BCUT2D eigenvalue weighted by molar-refractivity contribution is 5.78. The molecule has 1 rings (SSSR count). The van der Waals surface area contributed by atoms with E-state index in [1.165, 1.54) is 0 Å². The second kappa shape index (κ2) is 7.43. The zero-order valence-corrected chi connectivity index (χ0v) is 13.2. The molecule has 0 radical (unpaired) electrons. The van der Waals surface area contributed by atoms with Gasteiger partial charge in [-0.15, -0.1) is 0 Å². The number of hydrogen-bond acceptors (Lipinski definition) is 4. The number of aliphatic hydroxyl groups excluding tert-OH is 2. The van der Waals surface area contributed by atoms with Gasteiger partial charge in [-0.05, 0) is 38.3 Å². The van der Waals surface area contributed by atoms with Crippen LogP contribution in [0.1, 0.15) is 30.0 Å². The number of carbonyl (C=O) groups excluding carboxylic acids is 1. The zero-order valence-electron chi connectivity index (χ0n) is 13.2. The molecule has 0 saturated heterocycles. The summed E-state index contributed by atoms with van der Waals surface area (Å²) >= 11 is 0. The molecule has 3 N–H and O–H groups in total. The first-order valence-electron chi connectivity index (χ1n) is 7.11. The second-order valence-electron chi connectivity index (χ2n) is 5.51. The Kier molecular flexibility index (Phi) is 6.18. The maximum atomic E-state index is 11.9. The second-order valence-corrected chi connectivity index (χ2v) is 5.51. The molecule has 5 nitrogen and oxygen atoms in total. The molecular weight excluding hydrogens is 270 g/mol. The third-order valence-corrected chi connectivity index (χ3v) is 3.64. The lowest BCUT2D eigenvalue weighted by Gasteiger charge is -2.29. The quantitative estimate of drug-likeness (QED) is 0.707. The van der Waals surface area contributed by atoms with Gasteiger partial charge in [0.15, 0.2) is 6.61 Å². The summed E-state index contributed by atoms with van der Waals surface area (Å²) in [4.78, 5) is 11.9. The molecule has 0 unspecified atom stereocenters. The molecule has 0 spiro atoms. The first-order valence-corrected chi connectivity index (χ1v) is 7.11. The van der Waals surface area contributed by atoms with Crippen LogP contribution in [-0.2, 0) is 4.79 Å². The van der Waals surface area contributed by atoms with Crippen LogP contribution < -0.4 is 10.1 Å². The minimum Gasteiger partial charge on any atom is -0.483 e. The van der Waals surface area contributed by atoms with Crippen LogP contribution in [0.2, 0.25) is 0 Å². The van der Waals surface area contributed by atoms with E-state index in [2.05, 4.69) is 5.32 Å². The van der Waals surface area contributed by atoms with E-state index in [4.69, 9.17) is 4.74 Å².